The van der Waals surface area contributed by atoms with Crippen molar-refractivity contribution in [3.8, 4) is 11.5 Å². The predicted octanol–water partition coefficient (Wildman–Crippen LogP) is 2.33. The van der Waals surface area contributed by atoms with Crippen molar-refractivity contribution in [2.75, 3.05) is 33.3 Å². The second-order valence-electron chi connectivity index (χ2n) is 3.40. The number of thioether (sulfide) groups is 1. The maximum Gasteiger partial charge on any atom is 0.127 e. The molecule has 1 aromatic carbocycles. The molecule has 1 atom stereocenters. The van der Waals surface area contributed by atoms with Crippen LogP contribution in [0.25, 0.3) is 0 Å². The van der Waals surface area contributed by atoms with Crippen LogP contribution in [0.15, 0.2) is 18.2 Å². The highest BCUT2D eigenvalue weighted by Gasteiger charge is 2.14. The van der Waals surface area contributed by atoms with E-state index in [0.29, 0.717) is 6.04 Å². The Hall–Kier alpha value is -0.870. The number of hydrogen-bond donors (Lipinski definition) is 1. The second kappa shape index (κ2) is 6.66. The minimum atomic E-state index is 0.302. The van der Waals surface area contributed by atoms with E-state index >= 15 is 0 Å². The summed E-state index contributed by atoms with van der Waals surface area (Å²) in [5.74, 6) is 2.70. The van der Waals surface area contributed by atoms with Crippen molar-refractivity contribution in [2.45, 2.75) is 6.04 Å². The quantitative estimate of drug-likeness (QED) is 0.828. The minimum Gasteiger partial charge on any atom is -0.497 e. The van der Waals surface area contributed by atoms with Crippen LogP contribution < -0.4 is 14.8 Å². The number of hydrogen-bond acceptors (Lipinski definition) is 4. The molecule has 0 saturated carbocycles. The molecule has 1 aromatic rings. The first-order valence-electron chi connectivity index (χ1n) is 5.15. The van der Waals surface area contributed by atoms with E-state index in [4.69, 9.17) is 9.47 Å². The van der Waals surface area contributed by atoms with E-state index in [1.165, 1.54) is 5.56 Å². The Bertz CT molecular complexity index is 331. The Morgan fingerprint density at radius 2 is 2.06 bits per heavy atom. The van der Waals surface area contributed by atoms with Crippen molar-refractivity contribution >= 4 is 11.8 Å². The Morgan fingerprint density at radius 3 is 2.56 bits per heavy atom. The number of benzene rings is 1. The molecule has 0 aliphatic carbocycles. The van der Waals surface area contributed by atoms with Crippen LogP contribution in [0.1, 0.15) is 11.6 Å². The fourth-order valence-corrected chi connectivity index (χ4v) is 2.28. The monoisotopic (exact) mass is 241 g/mol. The lowest BCUT2D eigenvalue weighted by atomic mass is 10.1. The Balaban J connectivity index is 3.01. The lowest BCUT2D eigenvalue weighted by Crippen LogP contribution is -2.19. The first kappa shape index (κ1) is 13.2. The molecule has 0 saturated heterocycles. The maximum absolute atomic E-state index is 5.39. The third-order valence-electron chi connectivity index (χ3n) is 2.50. The average Bonchev–Trinajstić information content (AvgIpc) is 2.35. The van der Waals surface area contributed by atoms with E-state index in [-0.39, 0.29) is 0 Å². The third kappa shape index (κ3) is 3.06. The largest absolute Gasteiger partial charge is 0.497 e. The summed E-state index contributed by atoms with van der Waals surface area (Å²) in [6, 6.07) is 6.23. The second-order valence-corrected chi connectivity index (χ2v) is 4.32. The summed E-state index contributed by atoms with van der Waals surface area (Å²) < 4.78 is 10.6. The van der Waals surface area contributed by atoms with Crippen LogP contribution in [0.2, 0.25) is 0 Å². The first-order chi connectivity index (χ1) is 7.76. The predicted molar refractivity (Wildman–Crippen MR) is 69.7 cm³/mol. The van der Waals surface area contributed by atoms with E-state index in [1.807, 2.05) is 30.9 Å². The molecule has 0 amide bonds. The Morgan fingerprint density at radius 1 is 1.31 bits per heavy atom. The number of nitrogens with one attached hydrogen (secondary N) is 1. The summed E-state index contributed by atoms with van der Waals surface area (Å²) in [6.07, 6.45) is 2.10. The Labute approximate surface area is 102 Å². The highest BCUT2D eigenvalue weighted by Crippen LogP contribution is 2.30. The fraction of sp³-hybridized carbons (Fsp3) is 0.500. The van der Waals surface area contributed by atoms with Gasteiger partial charge in [0.05, 0.1) is 14.2 Å². The van der Waals surface area contributed by atoms with Gasteiger partial charge in [-0.25, -0.2) is 0 Å². The van der Waals surface area contributed by atoms with Gasteiger partial charge in [-0.1, -0.05) is 6.07 Å². The van der Waals surface area contributed by atoms with Gasteiger partial charge < -0.3 is 14.8 Å². The van der Waals surface area contributed by atoms with Crippen LogP contribution in [0.4, 0.5) is 0 Å². The van der Waals surface area contributed by atoms with Gasteiger partial charge in [0.2, 0.25) is 0 Å². The zero-order valence-corrected chi connectivity index (χ0v) is 11.1. The van der Waals surface area contributed by atoms with Crippen LogP contribution in [-0.2, 0) is 0 Å². The minimum absolute atomic E-state index is 0.302. The summed E-state index contributed by atoms with van der Waals surface area (Å²) in [6.45, 7) is 0. The molecule has 4 heteroatoms. The number of methoxy groups -OCH3 is 2. The van der Waals surface area contributed by atoms with Crippen LogP contribution in [0.5, 0.6) is 11.5 Å². The van der Waals surface area contributed by atoms with Crippen LogP contribution >= 0.6 is 11.8 Å². The van der Waals surface area contributed by atoms with E-state index < -0.39 is 0 Å². The molecule has 90 valence electrons. The molecule has 1 unspecified atom stereocenters. The summed E-state index contributed by atoms with van der Waals surface area (Å²) in [4.78, 5) is 0. The lowest BCUT2D eigenvalue weighted by Gasteiger charge is -2.19. The van der Waals surface area contributed by atoms with Gasteiger partial charge in [-0.05, 0) is 19.4 Å². The van der Waals surface area contributed by atoms with Crippen LogP contribution in [0, 0.1) is 0 Å². The van der Waals surface area contributed by atoms with Gasteiger partial charge in [-0.3, -0.25) is 0 Å². The van der Waals surface area contributed by atoms with Gasteiger partial charge >= 0.3 is 0 Å². The molecule has 0 aromatic heterocycles. The highest BCUT2D eigenvalue weighted by molar-refractivity contribution is 7.98. The van der Waals surface area contributed by atoms with Crippen molar-refractivity contribution in [3.05, 3.63) is 23.8 Å². The molecular formula is C12H19NO2S. The molecule has 3 nitrogen and oxygen atoms in total. The van der Waals surface area contributed by atoms with Gasteiger partial charge in [0.25, 0.3) is 0 Å². The Kier molecular flexibility index (Phi) is 5.49. The van der Waals surface area contributed by atoms with E-state index in [1.54, 1.807) is 14.2 Å². The van der Waals surface area contributed by atoms with E-state index in [2.05, 4.69) is 17.6 Å². The third-order valence-corrected chi connectivity index (χ3v) is 3.16. The van der Waals surface area contributed by atoms with Gasteiger partial charge in [-0.15, -0.1) is 0 Å². The number of ether oxygens (including phenoxy) is 2. The molecule has 0 fully saturated rings. The molecule has 16 heavy (non-hydrogen) atoms. The fourth-order valence-electron chi connectivity index (χ4n) is 1.60. The molecule has 0 bridgehead atoms. The molecule has 1 N–H and O–H groups in total. The molecule has 0 aliphatic rings. The molecule has 0 heterocycles. The van der Waals surface area contributed by atoms with Crippen LogP contribution in [-0.4, -0.2) is 33.3 Å². The van der Waals surface area contributed by atoms with Crippen molar-refractivity contribution in [1.82, 2.24) is 5.32 Å². The van der Waals surface area contributed by atoms with Gasteiger partial charge in [-0.2, -0.15) is 11.8 Å². The smallest absolute Gasteiger partial charge is 0.127 e. The molecule has 0 spiro atoms. The lowest BCUT2D eigenvalue weighted by molar-refractivity contribution is 0.387. The zero-order valence-electron chi connectivity index (χ0n) is 10.2. The van der Waals surface area contributed by atoms with E-state index in [0.717, 1.165) is 17.3 Å². The maximum atomic E-state index is 5.39. The summed E-state index contributed by atoms with van der Waals surface area (Å²) in [7, 11) is 5.31. The van der Waals surface area contributed by atoms with Crippen molar-refractivity contribution in [3.63, 3.8) is 0 Å². The van der Waals surface area contributed by atoms with Gasteiger partial charge in [0, 0.05) is 23.4 Å². The SMILES string of the molecule is CNC(CSC)c1ccc(OC)cc1OC. The van der Waals surface area contributed by atoms with Crippen molar-refractivity contribution in [1.29, 1.82) is 0 Å². The topological polar surface area (TPSA) is 30.5 Å². The summed E-state index contributed by atoms with van der Waals surface area (Å²) in [5.41, 5.74) is 1.17. The number of rotatable bonds is 6. The zero-order chi connectivity index (χ0) is 12.0. The summed E-state index contributed by atoms with van der Waals surface area (Å²) in [5, 5.41) is 3.29. The van der Waals surface area contributed by atoms with E-state index in [9.17, 15) is 0 Å². The standard InChI is InChI=1S/C12H19NO2S/c1-13-11(8-16-4)10-6-5-9(14-2)7-12(10)15-3/h5-7,11,13H,8H2,1-4H3. The van der Waals surface area contributed by atoms with Crippen LogP contribution in [0.3, 0.4) is 0 Å². The van der Waals surface area contributed by atoms with Gasteiger partial charge in [0.15, 0.2) is 0 Å². The molecular weight excluding hydrogens is 222 g/mol. The normalized spacial score (nSPS) is 12.2. The summed E-state index contributed by atoms with van der Waals surface area (Å²) >= 11 is 1.81. The van der Waals surface area contributed by atoms with Gasteiger partial charge in [0.1, 0.15) is 11.5 Å². The van der Waals surface area contributed by atoms with Crippen molar-refractivity contribution in [2.24, 2.45) is 0 Å². The molecule has 0 radical (unpaired) electrons. The van der Waals surface area contributed by atoms with Crippen molar-refractivity contribution < 1.29 is 9.47 Å². The average molecular weight is 241 g/mol. The molecule has 1 rings (SSSR count). The highest BCUT2D eigenvalue weighted by atomic mass is 32.2. The molecule has 0 aliphatic heterocycles. The first-order valence-corrected chi connectivity index (χ1v) is 6.54.